The number of piperazine rings is 1. The Bertz CT molecular complexity index is 961. The first-order valence-electron chi connectivity index (χ1n) is 8.36. The van der Waals surface area contributed by atoms with Gasteiger partial charge in [-0.25, -0.2) is 9.59 Å². The number of nitrogens with zero attached hydrogens (tertiary/aromatic N) is 2. The molecular formula is C18H20N4O5. The number of aromatic amines is 1. The second kappa shape index (κ2) is 7.12. The normalized spacial score (nSPS) is 14.9. The first kappa shape index (κ1) is 18.5. The van der Waals surface area contributed by atoms with Crippen molar-refractivity contribution < 1.29 is 19.8 Å². The van der Waals surface area contributed by atoms with E-state index in [2.05, 4.69) is 14.8 Å². The molecule has 0 spiro atoms. The number of carboxylic acid groups (broad SMARTS) is 2. The number of likely N-dealkylation sites (N-methyl/N-ethyl adjacent to an activating group) is 1. The summed E-state index contributed by atoms with van der Waals surface area (Å²) in [6.45, 7) is 3.33. The van der Waals surface area contributed by atoms with Gasteiger partial charge in [-0.3, -0.25) is 4.79 Å². The summed E-state index contributed by atoms with van der Waals surface area (Å²) < 4.78 is 0. The summed E-state index contributed by atoms with van der Waals surface area (Å²) in [6.07, 6.45) is 0. The van der Waals surface area contributed by atoms with E-state index in [-0.39, 0.29) is 11.4 Å². The van der Waals surface area contributed by atoms with Crippen LogP contribution in [-0.4, -0.2) is 65.3 Å². The number of hydrogen-bond donors (Lipinski definition) is 4. The predicted octanol–water partition coefficient (Wildman–Crippen LogP) is 0.772. The van der Waals surface area contributed by atoms with E-state index in [9.17, 15) is 24.6 Å². The van der Waals surface area contributed by atoms with Crippen molar-refractivity contribution in [3.63, 3.8) is 0 Å². The molecule has 0 aliphatic carbocycles. The zero-order valence-corrected chi connectivity index (χ0v) is 14.7. The Labute approximate surface area is 154 Å². The monoisotopic (exact) mass is 372 g/mol. The highest BCUT2D eigenvalue weighted by Crippen LogP contribution is 2.31. The minimum atomic E-state index is -1.52. The second-order valence-corrected chi connectivity index (χ2v) is 6.44. The molecule has 1 saturated heterocycles. The Balaban J connectivity index is 2.19. The molecule has 9 nitrogen and oxygen atoms in total. The Morgan fingerprint density at radius 1 is 1.07 bits per heavy atom. The fourth-order valence-electron chi connectivity index (χ4n) is 3.26. The highest BCUT2D eigenvalue weighted by Gasteiger charge is 2.27. The molecule has 2 heterocycles. The summed E-state index contributed by atoms with van der Waals surface area (Å²) in [5, 5.41) is 19.0. The van der Waals surface area contributed by atoms with Crippen LogP contribution in [-0.2, 0) is 0 Å². The summed E-state index contributed by atoms with van der Waals surface area (Å²) in [7, 11) is 2.03. The van der Waals surface area contributed by atoms with Crippen molar-refractivity contribution in [3.05, 3.63) is 45.7 Å². The van der Waals surface area contributed by atoms with Crippen molar-refractivity contribution in [1.82, 2.24) is 9.88 Å². The van der Waals surface area contributed by atoms with Crippen LogP contribution in [0.3, 0.4) is 0 Å². The van der Waals surface area contributed by atoms with Gasteiger partial charge in [-0.05, 0) is 24.7 Å². The summed E-state index contributed by atoms with van der Waals surface area (Å²) in [5.74, 6) is -3.30. The third-order valence-corrected chi connectivity index (χ3v) is 4.68. The summed E-state index contributed by atoms with van der Waals surface area (Å²) in [4.78, 5) is 41.9. The van der Waals surface area contributed by atoms with Crippen LogP contribution in [0.5, 0.6) is 0 Å². The predicted molar refractivity (Wildman–Crippen MR) is 101 cm³/mol. The number of hydrogen-bond acceptors (Lipinski definition) is 6. The van der Waals surface area contributed by atoms with Gasteiger partial charge >= 0.3 is 11.9 Å². The van der Waals surface area contributed by atoms with E-state index in [4.69, 9.17) is 5.73 Å². The largest absolute Gasteiger partial charge is 0.478 e. The van der Waals surface area contributed by atoms with Crippen LogP contribution >= 0.6 is 0 Å². The molecule has 1 aromatic heterocycles. The molecule has 5 N–H and O–H groups in total. The molecule has 1 aromatic carbocycles. The van der Waals surface area contributed by atoms with Gasteiger partial charge in [0.1, 0.15) is 16.9 Å². The molecule has 1 fully saturated rings. The number of benzene rings is 1. The maximum absolute atomic E-state index is 12.1. The molecule has 0 atom stereocenters. The van der Waals surface area contributed by atoms with E-state index < -0.39 is 28.6 Å². The number of aromatic carboxylic acids is 2. The van der Waals surface area contributed by atoms with Crippen LogP contribution in [0.15, 0.2) is 29.1 Å². The SMILES string of the molecule is CN1CCN(c2cccc(-c3c(C(=O)O)c(N)[nH]c(=O)c3C(=O)O)c2)CC1. The highest BCUT2D eigenvalue weighted by molar-refractivity contribution is 6.07. The van der Waals surface area contributed by atoms with Gasteiger partial charge in [0.05, 0.1) is 0 Å². The van der Waals surface area contributed by atoms with Crippen molar-refractivity contribution in [3.8, 4) is 11.1 Å². The molecule has 0 bridgehead atoms. The molecule has 1 aliphatic heterocycles. The van der Waals surface area contributed by atoms with Crippen molar-refractivity contribution in [2.75, 3.05) is 43.9 Å². The minimum Gasteiger partial charge on any atom is -0.478 e. The Hall–Kier alpha value is -3.33. The van der Waals surface area contributed by atoms with E-state index in [0.717, 1.165) is 31.9 Å². The van der Waals surface area contributed by atoms with Crippen LogP contribution in [0.1, 0.15) is 20.7 Å². The number of rotatable bonds is 4. The van der Waals surface area contributed by atoms with Gasteiger partial charge in [-0.15, -0.1) is 0 Å². The van der Waals surface area contributed by atoms with Gasteiger partial charge in [0.15, 0.2) is 0 Å². The molecule has 0 amide bonds. The van der Waals surface area contributed by atoms with Crippen molar-refractivity contribution >= 4 is 23.4 Å². The topological polar surface area (TPSA) is 140 Å². The van der Waals surface area contributed by atoms with Gasteiger partial charge in [0.25, 0.3) is 5.56 Å². The fraction of sp³-hybridized carbons (Fsp3) is 0.278. The molecule has 2 aromatic rings. The van der Waals surface area contributed by atoms with Crippen molar-refractivity contribution in [1.29, 1.82) is 0 Å². The number of pyridine rings is 1. The van der Waals surface area contributed by atoms with E-state index in [1.54, 1.807) is 18.2 Å². The van der Waals surface area contributed by atoms with Gasteiger partial charge in [-0.2, -0.15) is 0 Å². The zero-order chi connectivity index (χ0) is 19.7. The van der Waals surface area contributed by atoms with Gasteiger partial charge in [-0.1, -0.05) is 12.1 Å². The van der Waals surface area contributed by atoms with Crippen LogP contribution in [0.4, 0.5) is 11.5 Å². The zero-order valence-electron chi connectivity index (χ0n) is 14.7. The lowest BCUT2D eigenvalue weighted by molar-refractivity contribution is 0.0695. The van der Waals surface area contributed by atoms with E-state index >= 15 is 0 Å². The number of aromatic nitrogens is 1. The average molecular weight is 372 g/mol. The summed E-state index contributed by atoms with van der Waals surface area (Å²) >= 11 is 0. The van der Waals surface area contributed by atoms with Crippen LogP contribution < -0.4 is 16.2 Å². The van der Waals surface area contributed by atoms with E-state index in [1.807, 2.05) is 13.1 Å². The third-order valence-electron chi connectivity index (χ3n) is 4.68. The number of H-pyrrole nitrogens is 1. The molecular weight excluding hydrogens is 352 g/mol. The van der Waals surface area contributed by atoms with Crippen LogP contribution in [0.25, 0.3) is 11.1 Å². The molecule has 3 rings (SSSR count). The second-order valence-electron chi connectivity index (χ2n) is 6.44. The van der Waals surface area contributed by atoms with Crippen LogP contribution in [0.2, 0.25) is 0 Å². The summed E-state index contributed by atoms with van der Waals surface area (Å²) in [6, 6.07) is 6.84. The standard InChI is InChI=1S/C18H20N4O5/c1-21-5-7-22(8-6-21)11-4-2-3-10(9-11)12-13(17(24)25)15(19)20-16(23)14(12)18(26)27/h2-4,9H,5-8H2,1H3,(H,24,25)(H,26,27)(H3,19,20,23). The molecule has 142 valence electrons. The Kier molecular flexibility index (Phi) is 4.87. The molecule has 0 unspecified atom stereocenters. The van der Waals surface area contributed by atoms with Gasteiger partial charge in [0, 0.05) is 37.4 Å². The molecule has 9 heteroatoms. The number of nitrogens with two attached hydrogens (primary N) is 1. The quantitative estimate of drug-likeness (QED) is 0.617. The Morgan fingerprint density at radius 2 is 1.70 bits per heavy atom. The number of carbonyl (C=O) groups is 2. The molecule has 0 radical (unpaired) electrons. The number of nitrogens with one attached hydrogen (secondary N) is 1. The fourth-order valence-corrected chi connectivity index (χ4v) is 3.26. The lowest BCUT2D eigenvalue weighted by atomic mass is 9.95. The number of nitrogen functional groups attached to an aromatic ring is 1. The average Bonchev–Trinajstić information content (AvgIpc) is 2.61. The third kappa shape index (κ3) is 3.49. The first-order chi connectivity index (χ1) is 12.8. The summed E-state index contributed by atoms with van der Waals surface area (Å²) in [5.41, 5.74) is 4.63. The lowest BCUT2D eigenvalue weighted by Gasteiger charge is -2.34. The minimum absolute atomic E-state index is 0.188. The molecule has 1 aliphatic rings. The molecule has 0 saturated carbocycles. The van der Waals surface area contributed by atoms with Gasteiger partial charge < -0.3 is 30.7 Å². The first-order valence-corrected chi connectivity index (χ1v) is 8.36. The highest BCUT2D eigenvalue weighted by atomic mass is 16.4. The van der Waals surface area contributed by atoms with Crippen LogP contribution in [0, 0.1) is 0 Å². The van der Waals surface area contributed by atoms with Crippen molar-refractivity contribution in [2.45, 2.75) is 0 Å². The smallest absolute Gasteiger partial charge is 0.342 e. The molecule has 27 heavy (non-hydrogen) atoms. The number of anilines is 2. The maximum Gasteiger partial charge on any atom is 0.342 e. The van der Waals surface area contributed by atoms with E-state index in [1.165, 1.54) is 0 Å². The van der Waals surface area contributed by atoms with Crippen molar-refractivity contribution in [2.24, 2.45) is 0 Å². The number of carboxylic acids is 2. The lowest BCUT2D eigenvalue weighted by Crippen LogP contribution is -2.44. The maximum atomic E-state index is 12.1. The van der Waals surface area contributed by atoms with E-state index in [0.29, 0.717) is 5.56 Å². The van der Waals surface area contributed by atoms with Gasteiger partial charge in [0.2, 0.25) is 0 Å². The Morgan fingerprint density at radius 3 is 2.30 bits per heavy atom.